The Kier molecular flexibility index (Phi) is 5.90. The fraction of sp³-hybridized carbons (Fsp3) is 0.650. The molecular formula is C20H29NO3. The van der Waals surface area contributed by atoms with Crippen LogP contribution in [0.5, 0.6) is 5.75 Å². The molecule has 2 heterocycles. The van der Waals surface area contributed by atoms with Gasteiger partial charge in [-0.1, -0.05) is 12.1 Å². The number of nitrogens with zero attached hydrogens (tertiary/aromatic N) is 1. The normalized spacial score (nSPS) is 20.9. The number of carbonyl (C=O) groups is 1. The second-order valence-corrected chi connectivity index (χ2v) is 7.03. The maximum atomic E-state index is 12.3. The van der Waals surface area contributed by atoms with Gasteiger partial charge in [-0.3, -0.25) is 4.79 Å². The number of ketones is 1. The Bertz CT molecular complexity index is 528. The van der Waals surface area contributed by atoms with Gasteiger partial charge in [0, 0.05) is 19.8 Å². The molecule has 0 unspecified atom stereocenters. The SMILES string of the molecule is CC(=O)C1(c2ccc(OCCCN3CCCC3)cc2)CCOCC1. The minimum Gasteiger partial charge on any atom is -0.494 e. The molecule has 2 fully saturated rings. The van der Waals surface area contributed by atoms with Crippen molar-refractivity contribution in [2.45, 2.75) is 44.4 Å². The summed E-state index contributed by atoms with van der Waals surface area (Å²) in [4.78, 5) is 14.8. The molecule has 2 aliphatic heterocycles. The van der Waals surface area contributed by atoms with Crippen LogP contribution in [-0.4, -0.2) is 50.1 Å². The minimum absolute atomic E-state index is 0.241. The van der Waals surface area contributed by atoms with Gasteiger partial charge in [0.15, 0.2) is 0 Å². The van der Waals surface area contributed by atoms with Gasteiger partial charge in [-0.25, -0.2) is 0 Å². The van der Waals surface area contributed by atoms with Gasteiger partial charge in [0.2, 0.25) is 0 Å². The van der Waals surface area contributed by atoms with E-state index in [1.165, 1.54) is 25.9 Å². The summed E-state index contributed by atoms with van der Waals surface area (Å²) < 4.78 is 11.3. The van der Waals surface area contributed by atoms with Gasteiger partial charge in [-0.05, 0) is 69.8 Å². The van der Waals surface area contributed by atoms with Crippen molar-refractivity contribution < 1.29 is 14.3 Å². The summed E-state index contributed by atoms with van der Waals surface area (Å²) in [6.45, 7) is 7.39. The molecule has 4 heteroatoms. The van der Waals surface area contributed by atoms with Crippen LogP contribution < -0.4 is 4.74 Å². The van der Waals surface area contributed by atoms with E-state index < -0.39 is 0 Å². The highest BCUT2D eigenvalue weighted by atomic mass is 16.5. The van der Waals surface area contributed by atoms with E-state index in [4.69, 9.17) is 9.47 Å². The first-order valence-electron chi connectivity index (χ1n) is 9.25. The van der Waals surface area contributed by atoms with Crippen molar-refractivity contribution in [2.24, 2.45) is 0 Å². The molecule has 0 spiro atoms. The van der Waals surface area contributed by atoms with E-state index in [1.54, 1.807) is 6.92 Å². The summed E-state index contributed by atoms with van der Waals surface area (Å²) in [6, 6.07) is 8.13. The molecule has 2 saturated heterocycles. The van der Waals surface area contributed by atoms with Gasteiger partial charge < -0.3 is 14.4 Å². The second kappa shape index (κ2) is 8.13. The summed E-state index contributed by atoms with van der Waals surface area (Å²) in [5.41, 5.74) is 0.731. The standard InChI is InChI=1S/C20H29NO3/c1-17(22)20(9-15-23-16-10-20)18-5-7-19(8-6-18)24-14-4-13-21-11-2-3-12-21/h5-8H,2-4,9-16H2,1H3. The van der Waals surface area contributed by atoms with Gasteiger partial charge in [0.25, 0.3) is 0 Å². The lowest BCUT2D eigenvalue weighted by Crippen LogP contribution is -2.40. The van der Waals surface area contributed by atoms with Crippen molar-refractivity contribution in [1.29, 1.82) is 0 Å². The summed E-state index contributed by atoms with van der Waals surface area (Å²) in [7, 11) is 0. The molecule has 24 heavy (non-hydrogen) atoms. The molecule has 3 rings (SSSR count). The summed E-state index contributed by atoms with van der Waals surface area (Å²) >= 11 is 0. The Morgan fingerprint density at radius 3 is 2.46 bits per heavy atom. The fourth-order valence-corrected chi connectivity index (χ4v) is 3.92. The molecule has 2 aliphatic rings. The number of rotatable bonds is 7. The van der Waals surface area contributed by atoms with E-state index in [9.17, 15) is 4.79 Å². The maximum absolute atomic E-state index is 12.3. The molecule has 0 saturated carbocycles. The molecule has 0 radical (unpaired) electrons. The maximum Gasteiger partial charge on any atom is 0.140 e. The Labute approximate surface area is 145 Å². The number of likely N-dealkylation sites (tertiary alicyclic amines) is 1. The number of ether oxygens (including phenoxy) is 2. The zero-order chi connectivity index (χ0) is 16.8. The minimum atomic E-state index is -0.369. The molecule has 4 nitrogen and oxygen atoms in total. The molecular weight excluding hydrogens is 302 g/mol. The van der Waals surface area contributed by atoms with Crippen LogP contribution >= 0.6 is 0 Å². The average molecular weight is 331 g/mol. The number of hydrogen-bond acceptors (Lipinski definition) is 4. The van der Waals surface area contributed by atoms with E-state index in [0.29, 0.717) is 13.2 Å². The highest BCUT2D eigenvalue weighted by Gasteiger charge is 2.38. The molecule has 1 aromatic rings. The van der Waals surface area contributed by atoms with Gasteiger partial charge >= 0.3 is 0 Å². The second-order valence-electron chi connectivity index (χ2n) is 7.03. The van der Waals surface area contributed by atoms with Crippen LogP contribution in [0, 0.1) is 0 Å². The van der Waals surface area contributed by atoms with Gasteiger partial charge in [0.05, 0.1) is 12.0 Å². The van der Waals surface area contributed by atoms with Crippen molar-refractivity contribution >= 4 is 5.78 Å². The topological polar surface area (TPSA) is 38.8 Å². The summed E-state index contributed by atoms with van der Waals surface area (Å²) in [5, 5.41) is 0. The molecule has 0 aliphatic carbocycles. The smallest absolute Gasteiger partial charge is 0.140 e. The van der Waals surface area contributed by atoms with E-state index >= 15 is 0 Å². The Hall–Kier alpha value is -1.39. The third kappa shape index (κ3) is 3.98. The Balaban J connectivity index is 1.53. The molecule has 0 aromatic heterocycles. The first-order chi connectivity index (χ1) is 11.7. The number of hydrogen-bond donors (Lipinski definition) is 0. The highest BCUT2D eigenvalue weighted by Crippen LogP contribution is 2.36. The predicted octanol–water partition coefficient (Wildman–Crippen LogP) is 3.19. The summed E-state index contributed by atoms with van der Waals surface area (Å²) in [6.07, 6.45) is 5.30. The van der Waals surface area contributed by atoms with Crippen LogP contribution in [-0.2, 0) is 14.9 Å². The largest absolute Gasteiger partial charge is 0.494 e. The van der Waals surface area contributed by atoms with Gasteiger partial charge in [0.1, 0.15) is 11.5 Å². The zero-order valence-corrected chi connectivity index (χ0v) is 14.8. The molecule has 0 atom stereocenters. The Morgan fingerprint density at radius 2 is 1.83 bits per heavy atom. The fourth-order valence-electron chi connectivity index (χ4n) is 3.92. The van der Waals surface area contributed by atoms with Crippen molar-refractivity contribution in [1.82, 2.24) is 4.90 Å². The van der Waals surface area contributed by atoms with Crippen LogP contribution in [0.25, 0.3) is 0 Å². The zero-order valence-electron chi connectivity index (χ0n) is 14.8. The lowest BCUT2D eigenvalue weighted by Gasteiger charge is -2.35. The average Bonchev–Trinajstić information content (AvgIpc) is 3.13. The van der Waals surface area contributed by atoms with Crippen LogP contribution in [0.2, 0.25) is 0 Å². The van der Waals surface area contributed by atoms with E-state index in [2.05, 4.69) is 17.0 Å². The van der Waals surface area contributed by atoms with Crippen LogP contribution in [0.4, 0.5) is 0 Å². The van der Waals surface area contributed by atoms with E-state index in [-0.39, 0.29) is 11.2 Å². The van der Waals surface area contributed by atoms with Crippen molar-refractivity contribution in [3.63, 3.8) is 0 Å². The Morgan fingerprint density at radius 1 is 1.17 bits per heavy atom. The first kappa shape index (κ1) is 17.4. The lowest BCUT2D eigenvalue weighted by molar-refractivity contribution is -0.126. The van der Waals surface area contributed by atoms with Crippen molar-refractivity contribution in [2.75, 3.05) is 39.5 Å². The quantitative estimate of drug-likeness (QED) is 0.719. The number of carbonyl (C=O) groups excluding carboxylic acids is 1. The van der Waals surface area contributed by atoms with Crippen LogP contribution in [0.1, 0.15) is 44.6 Å². The highest BCUT2D eigenvalue weighted by molar-refractivity contribution is 5.88. The van der Waals surface area contributed by atoms with Crippen LogP contribution in [0.3, 0.4) is 0 Å². The molecule has 132 valence electrons. The molecule has 0 bridgehead atoms. The number of benzene rings is 1. The van der Waals surface area contributed by atoms with E-state index in [0.717, 1.165) is 43.7 Å². The van der Waals surface area contributed by atoms with Gasteiger partial charge in [-0.15, -0.1) is 0 Å². The van der Waals surface area contributed by atoms with Crippen molar-refractivity contribution in [3.05, 3.63) is 29.8 Å². The first-order valence-corrected chi connectivity index (χ1v) is 9.25. The molecule has 0 amide bonds. The molecule has 1 aromatic carbocycles. The lowest BCUT2D eigenvalue weighted by atomic mass is 9.71. The van der Waals surface area contributed by atoms with Gasteiger partial charge in [-0.2, -0.15) is 0 Å². The predicted molar refractivity (Wildman–Crippen MR) is 94.6 cm³/mol. The third-order valence-corrected chi connectivity index (χ3v) is 5.51. The summed E-state index contributed by atoms with van der Waals surface area (Å²) in [5.74, 6) is 1.14. The monoisotopic (exact) mass is 331 g/mol. The number of Topliss-reactive ketones (excluding diaryl/α,β-unsaturated/α-hetero) is 1. The molecule has 0 N–H and O–H groups in total. The van der Waals surface area contributed by atoms with E-state index in [1.807, 2.05) is 12.1 Å². The third-order valence-electron chi connectivity index (χ3n) is 5.51. The van der Waals surface area contributed by atoms with Crippen LogP contribution in [0.15, 0.2) is 24.3 Å². The van der Waals surface area contributed by atoms with Crippen molar-refractivity contribution in [3.8, 4) is 5.75 Å².